The van der Waals surface area contributed by atoms with Crippen molar-refractivity contribution >= 4 is 29.5 Å². The Bertz CT molecular complexity index is 939. The molecule has 0 unspecified atom stereocenters. The number of nitrogen functional groups attached to an aromatic ring is 1. The Kier molecular flexibility index (Phi) is 11.0. The third-order valence-corrected chi connectivity index (χ3v) is 5.14. The fourth-order valence-corrected chi connectivity index (χ4v) is 3.24. The molecule has 0 aliphatic carbocycles. The van der Waals surface area contributed by atoms with Gasteiger partial charge < -0.3 is 40.2 Å². The molecule has 0 saturated carbocycles. The number of carbonyl (C=O) groups excluding carboxylic acids is 1. The highest BCUT2D eigenvalue weighted by molar-refractivity contribution is 5.93. The lowest BCUT2D eigenvalue weighted by molar-refractivity contribution is -0.138. The lowest BCUT2D eigenvalue weighted by Gasteiger charge is -2.34. The number of hydrogen-bond donors (Lipinski definition) is 3. The number of hydrogen-bond acceptors (Lipinski definition) is 12. The molecule has 4 N–H and O–H groups in total. The summed E-state index contributed by atoms with van der Waals surface area (Å²) >= 11 is 0. The number of aliphatic carboxylic acids is 1. The van der Waals surface area contributed by atoms with Gasteiger partial charge in [-0.25, -0.2) is 19.9 Å². The Hall–Kier alpha value is -3.62. The SMILES string of the molecule is Nc1cnc(N2CCN(c3ncc(C(=O)NCCOCCOCCOCCC(=O)O)cn3)CC2)nc1. The van der Waals surface area contributed by atoms with Crippen LogP contribution < -0.4 is 20.9 Å². The molecule has 36 heavy (non-hydrogen) atoms. The van der Waals surface area contributed by atoms with Crippen LogP contribution >= 0.6 is 0 Å². The largest absolute Gasteiger partial charge is 0.481 e. The van der Waals surface area contributed by atoms with Gasteiger partial charge in [0.15, 0.2) is 0 Å². The molecule has 196 valence electrons. The summed E-state index contributed by atoms with van der Waals surface area (Å²) in [5.41, 5.74) is 6.55. The van der Waals surface area contributed by atoms with Crippen LogP contribution in [-0.4, -0.2) is 109 Å². The van der Waals surface area contributed by atoms with Gasteiger partial charge in [-0.15, -0.1) is 0 Å². The molecular formula is C22H32N8O6. The van der Waals surface area contributed by atoms with Gasteiger partial charge in [0.1, 0.15) is 0 Å². The lowest BCUT2D eigenvalue weighted by atomic mass is 10.3. The number of carbonyl (C=O) groups is 2. The second-order valence-corrected chi connectivity index (χ2v) is 7.80. The fraction of sp³-hybridized carbons (Fsp3) is 0.545. The summed E-state index contributed by atoms with van der Waals surface area (Å²) in [6, 6.07) is 0. The molecule has 14 nitrogen and oxygen atoms in total. The zero-order chi connectivity index (χ0) is 25.6. The Morgan fingerprint density at radius 2 is 1.28 bits per heavy atom. The number of nitrogens with one attached hydrogen (secondary N) is 1. The van der Waals surface area contributed by atoms with Crippen LogP contribution in [0.1, 0.15) is 16.8 Å². The van der Waals surface area contributed by atoms with Crippen molar-refractivity contribution in [3.05, 3.63) is 30.4 Å². The highest BCUT2D eigenvalue weighted by Gasteiger charge is 2.21. The van der Waals surface area contributed by atoms with Crippen molar-refractivity contribution in [1.29, 1.82) is 0 Å². The van der Waals surface area contributed by atoms with E-state index in [-0.39, 0.29) is 18.9 Å². The second-order valence-electron chi connectivity index (χ2n) is 7.80. The molecule has 14 heteroatoms. The predicted octanol–water partition coefficient (Wildman–Crippen LogP) is -0.570. The molecule has 3 rings (SSSR count). The maximum Gasteiger partial charge on any atom is 0.305 e. The third kappa shape index (κ3) is 9.20. The molecule has 1 aliphatic rings. The van der Waals surface area contributed by atoms with Gasteiger partial charge in [0, 0.05) is 45.1 Å². The highest BCUT2D eigenvalue weighted by atomic mass is 16.5. The number of rotatable bonds is 15. The summed E-state index contributed by atoms with van der Waals surface area (Å²) < 4.78 is 15.8. The van der Waals surface area contributed by atoms with E-state index in [1.165, 1.54) is 12.4 Å². The number of piperazine rings is 1. The fourth-order valence-electron chi connectivity index (χ4n) is 3.24. The van der Waals surface area contributed by atoms with Crippen LogP contribution in [0, 0.1) is 0 Å². The van der Waals surface area contributed by atoms with Crippen LogP contribution in [0.2, 0.25) is 0 Å². The zero-order valence-corrected chi connectivity index (χ0v) is 20.0. The van der Waals surface area contributed by atoms with Crippen molar-refractivity contribution in [3.63, 3.8) is 0 Å². The monoisotopic (exact) mass is 504 g/mol. The molecule has 1 fully saturated rings. The van der Waals surface area contributed by atoms with E-state index in [2.05, 4.69) is 30.2 Å². The van der Waals surface area contributed by atoms with Crippen LogP contribution in [0.15, 0.2) is 24.8 Å². The molecule has 0 radical (unpaired) electrons. The van der Waals surface area contributed by atoms with E-state index >= 15 is 0 Å². The summed E-state index contributed by atoms with van der Waals surface area (Å²) in [5, 5.41) is 11.3. The molecular weight excluding hydrogens is 472 g/mol. The molecule has 0 aromatic carbocycles. The van der Waals surface area contributed by atoms with E-state index in [1.807, 2.05) is 4.90 Å². The van der Waals surface area contributed by atoms with Crippen molar-refractivity contribution in [1.82, 2.24) is 25.3 Å². The summed E-state index contributed by atoms with van der Waals surface area (Å²) in [5.74, 6) is 0.0517. The van der Waals surface area contributed by atoms with Gasteiger partial charge in [-0.1, -0.05) is 0 Å². The van der Waals surface area contributed by atoms with E-state index in [0.29, 0.717) is 75.8 Å². The molecule has 0 bridgehead atoms. The minimum atomic E-state index is -0.891. The van der Waals surface area contributed by atoms with E-state index in [4.69, 9.17) is 25.1 Å². The molecule has 0 spiro atoms. The minimum absolute atomic E-state index is 0.0232. The van der Waals surface area contributed by atoms with E-state index in [1.54, 1.807) is 12.4 Å². The summed E-state index contributed by atoms with van der Waals surface area (Å²) in [6.07, 6.45) is 6.19. The maximum absolute atomic E-state index is 12.3. The van der Waals surface area contributed by atoms with Gasteiger partial charge in [-0.05, 0) is 0 Å². The summed E-state index contributed by atoms with van der Waals surface area (Å²) in [6.45, 7) is 5.16. The van der Waals surface area contributed by atoms with Gasteiger partial charge in [-0.3, -0.25) is 9.59 Å². The predicted molar refractivity (Wildman–Crippen MR) is 130 cm³/mol. The molecule has 2 aromatic rings. The van der Waals surface area contributed by atoms with Gasteiger partial charge >= 0.3 is 5.97 Å². The van der Waals surface area contributed by atoms with Crippen LogP contribution in [0.5, 0.6) is 0 Å². The Balaban J connectivity index is 1.25. The first-order chi connectivity index (χ1) is 17.5. The zero-order valence-electron chi connectivity index (χ0n) is 20.0. The molecule has 2 aromatic heterocycles. The number of amides is 1. The topological polar surface area (TPSA) is 178 Å². The van der Waals surface area contributed by atoms with Gasteiger partial charge in [-0.2, -0.15) is 0 Å². The average molecular weight is 505 g/mol. The van der Waals surface area contributed by atoms with Crippen molar-refractivity contribution in [3.8, 4) is 0 Å². The van der Waals surface area contributed by atoms with Crippen molar-refractivity contribution in [2.75, 3.05) is 87.9 Å². The van der Waals surface area contributed by atoms with E-state index in [9.17, 15) is 9.59 Å². The molecule has 0 atom stereocenters. The van der Waals surface area contributed by atoms with Gasteiger partial charge in [0.2, 0.25) is 11.9 Å². The van der Waals surface area contributed by atoms with Crippen LogP contribution in [0.4, 0.5) is 17.6 Å². The number of aromatic nitrogens is 4. The van der Waals surface area contributed by atoms with Crippen LogP contribution in [0.3, 0.4) is 0 Å². The Morgan fingerprint density at radius 1 is 0.806 bits per heavy atom. The van der Waals surface area contributed by atoms with Crippen LogP contribution in [-0.2, 0) is 19.0 Å². The quantitative estimate of drug-likeness (QED) is 0.263. The minimum Gasteiger partial charge on any atom is -0.481 e. The van der Waals surface area contributed by atoms with Crippen molar-refractivity contribution < 1.29 is 28.9 Å². The lowest BCUT2D eigenvalue weighted by Crippen LogP contribution is -2.47. The van der Waals surface area contributed by atoms with E-state index in [0.717, 1.165) is 13.1 Å². The standard InChI is InChI=1S/C22H32N8O6/c23-18-15-27-22(28-16-18)30-5-3-29(4-6-30)21-25-13-17(14-26-21)20(33)24-2-8-35-10-12-36-11-9-34-7-1-19(31)32/h13-16H,1-12,23H2,(H,24,33)(H,31,32). The van der Waals surface area contributed by atoms with Crippen LogP contribution in [0.25, 0.3) is 0 Å². The first-order valence-electron chi connectivity index (χ1n) is 11.7. The number of ether oxygens (including phenoxy) is 3. The Morgan fingerprint density at radius 3 is 1.81 bits per heavy atom. The first-order valence-corrected chi connectivity index (χ1v) is 11.7. The Labute approximate surface area is 208 Å². The number of nitrogens with two attached hydrogens (primary N) is 1. The number of anilines is 3. The van der Waals surface area contributed by atoms with Crippen molar-refractivity contribution in [2.45, 2.75) is 6.42 Å². The third-order valence-electron chi connectivity index (χ3n) is 5.14. The highest BCUT2D eigenvalue weighted by Crippen LogP contribution is 2.15. The average Bonchev–Trinajstić information content (AvgIpc) is 2.89. The number of carboxylic acids is 1. The summed E-state index contributed by atoms with van der Waals surface area (Å²) in [4.78, 5) is 44.0. The van der Waals surface area contributed by atoms with Gasteiger partial charge in [0.05, 0.1) is 69.7 Å². The normalized spacial score (nSPS) is 13.6. The van der Waals surface area contributed by atoms with Gasteiger partial charge in [0.25, 0.3) is 5.91 Å². The number of nitrogens with zero attached hydrogens (tertiary/aromatic N) is 6. The van der Waals surface area contributed by atoms with E-state index < -0.39 is 5.97 Å². The summed E-state index contributed by atoms with van der Waals surface area (Å²) in [7, 11) is 0. The maximum atomic E-state index is 12.3. The number of carboxylic acid groups (broad SMARTS) is 1. The molecule has 3 heterocycles. The first kappa shape index (κ1) is 27.0. The van der Waals surface area contributed by atoms with Crippen molar-refractivity contribution in [2.24, 2.45) is 0 Å². The molecule has 1 amide bonds. The molecule has 1 aliphatic heterocycles. The smallest absolute Gasteiger partial charge is 0.305 e. The molecule has 1 saturated heterocycles. The second kappa shape index (κ2) is 14.7.